The van der Waals surface area contributed by atoms with Crippen LogP contribution in [0, 0.1) is 0 Å². The Morgan fingerprint density at radius 3 is 2.00 bits per heavy atom. The first kappa shape index (κ1) is 8.85. The van der Waals surface area contributed by atoms with Crippen LogP contribution in [0.5, 0.6) is 0 Å². The molecule has 0 aromatic carbocycles. The van der Waals surface area contributed by atoms with Crippen molar-refractivity contribution in [2.45, 2.75) is 32.9 Å². The van der Waals surface area contributed by atoms with Crippen LogP contribution in [0.2, 0.25) is 0 Å². The highest BCUT2D eigenvalue weighted by Crippen LogP contribution is 1.93. The van der Waals surface area contributed by atoms with Gasteiger partial charge < -0.3 is 10.5 Å². The molecule has 0 radical (unpaired) electrons. The molecule has 0 spiro atoms. The van der Waals surface area contributed by atoms with E-state index in [-0.39, 0.29) is 12.1 Å². The lowest BCUT2D eigenvalue weighted by molar-refractivity contribution is 0.226. The summed E-state index contributed by atoms with van der Waals surface area (Å²) < 4.78 is 5.12. The van der Waals surface area contributed by atoms with E-state index in [4.69, 9.17) is 22.7 Å². The van der Waals surface area contributed by atoms with Crippen LogP contribution in [0.25, 0.3) is 0 Å². The summed E-state index contributed by atoms with van der Waals surface area (Å²) in [5, 5.41) is 0.491. The molecule has 0 bridgehead atoms. The topological polar surface area (TPSA) is 35.2 Å². The highest BCUT2D eigenvalue weighted by Gasteiger charge is 2.04. The molecule has 9 heavy (non-hydrogen) atoms. The number of nitrogens with two attached hydrogens (primary N) is 1. The summed E-state index contributed by atoms with van der Waals surface area (Å²) in [6.45, 7) is 5.66. The third-order valence-corrected chi connectivity index (χ3v) is 1.19. The molecular weight excluding hydrogens is 134 g/mol. The van der Waals surface area contributed by atoms with Crippen molar-refractivity contribution in [2.24, 2.45) is 5.73 Å². The Kier molecular flexibility index (Phi) is 3.73. The van der Waals surface area contributed by atoms with E-state index in [1.807, 2.05) is 20.8 Å². The second-order valence-electron chi connectivity index (χ2n) is 2.27. The average molecular weight is 147 g/mol. The zero-order valence-corrected chi connectivity index (χ0v) is 6.87. The summed E-state index contributed by atoms with van der Waals surface area (Å²) in [5.74, 6) is 0. The summed E-state index contributed by atoms with van der Waals surface area (Å²) in [6.07, 6.45) is 0.142. The number of hydrogen-bond acceptors (Lipinski definition) is 3. The van der Waals surface area contributed by atoms with Crippen molar-refractivity contribution in [1.29, 1.82) is 0 Å². The van der Waals surface area contributed by atoms with Gasteiger partial charge in [0.2, 0.25) is 0 Å². The number of hydrogen-bond donors (Lipinski definition) is 1. The highest BCUT2D eigenvalue weighted by atomic mass is 32.1. The van der Waals surface area contributed by atoms with Crippen LogP contribution in [0.4, 0.5) is 0 Å². The van der Waals surface area contributed by atoms with Crippen molar-refractivity contribution in [3.05, 3.63) is 0 Å². The molecule has 0 aromatic rings. The third kappa shape index (κ3) is 4.36. The van der Waals surface area contributed by atoms with E-state index in [1.54, 1.807) is 0 Å². The molecule has 0 aromatic heterocycles. The van der Waals surface area contributed by atoms with Gasteiger partial charge in [-0.2, -0.15) is 0 Å². The van der Waals surface area contributed by atoms with E-state index in [2.05, 4.69) is 0 Å². The molecule has 54 valence electrons. The smallest absolute Gasteiger partial charge is 0.176 e. The second-order valence-corrected chi connectivity index (χ2v) is 2.68. The highest BCUT2D eigenvalue weighted by molar-refractivity contribution is 7.80. The Labute approximate surface area is 61.4 Å². The molecule has 2 N–H and O–H groups in total. The van der Waals surface area contributed by atoms with Gasteiger partial charge in [-0.25, -0.2) is 0 Å². The van der Waals surface area contributed by atoms with Crippen LogP contribution in [-0.2, 0) is 4.74 Å². The van der Waals surface area contributed by atoms with E-state index < -0.39 is 0 Å². The standard InChI is InChI=1S/C6H13NOS/c1-4(2)8-6(9)5(3)7/h4-5H,7H2,1-3H3. The zero-order valence-electron chi connectivity index (χ0n) is 6.05. The van der Waals surface area contributed by atoms with E-state index >= 15 is 0 Å². The minimum absolute atomic E-state index is 0.137. The maximum absolute atomic E-state index is 5.42. The molecular formula is C6H13NOS. The van der Waals surface area contributed by atoms with E-state index in [9.17, 15) is 0 Å². The Morgan fingerprint density at radius 1 is 1.44 bits per heavy atom. The monoisotopic (exact) mass is 147 g/mol. The molecule has 0 saturated carbocycles. The van der Waals surface area contributed by atoms with Gasteiger partial charge in [-0.3, -0.25) is 0 Å². The lowest BCUT2D eigenvalue weighted by Gasteiger charge is -2.12. The molecule has 0 aliphatic carbocycles. The molecule has 3 heteroatoms. The number of rotatable bonds is 2. The fourth-order valence-corrected chi connectivity index (χ4v) is 0.532. The van der Waals surface area contributed by atoms with Gasteiger partial charge in [0.25, 0.3) is 0 Å². The predicted octanol–water partition coefficient (Wildman–Crippen LogP) is 1.09. The summed E-state index contributed by atoms with van der Waals surface area (Å²) in [6, 6.07) is -0.137. The van der Waals surface area contributed by atoms with E-state index in [0.29, 0.717) is 5.05 Å². The first-order valence-corrected chi connectivity index (χ1v) is 3.41. The third-order valence-electron chi connectivity index (χ3n) is 0.724. The number of thiocarbonyl (C=S) groups is 1. The predicted molar refractivity (Wildman–Crippen MR) is 42.5 cm³/mol. The van der Waals surface area contributed by atoms with Crippen LogP contribution < -0.4 is 5.73 Å². The largest absolute Gasteiger partial charge is 0.483 e. The Bertz CT molecular complexity index is 101. The SMILES string of the molecule is CC(C)OC(=S)C(C)N. The first-order chi connectivity index (χ1) is 4.04. The van der Waals surface area contributed by atoms with Crippen LogP contribution in [-0.4, -0.2) is 17.2 Å². The number of ether oxygens (including phenoxy) is 1. The average Bonchev–Trinajstić information content (AvgIpc) is 1.63. The van der Waals surface area contributed by atoms with E-state index in [0.717, 1.165) is 0 Å². The Balaban J connectivity index is 3.51. The first-order valence-electron chi connectivity index (χ1n) is 3.00. The second kappa shape index (κ2) is 3.80. The van der Waals surface area contributed by atoms with Crippen LogP contribution in [0.15, 0.2) is 0 Å². The van der Waals surface area contributed by atoms with Crippen LogP contribution in [0.3, 0.4) is 0 Å². The summed E-state index contributed by atoms with van der Waals surface area (Å²) >= 11 is 4.81. The quantitative estimate of drug-likeness (QED) is 0.594. The summed E-state index contributed by atoms with van der Waals surface area (Å²) in [4.78, 5) is 0. The lowest BCUT2D eigenvalue weighted by Crippen LogP contribution is -2.29. The van der Waals surface area contributed by atoms with Gasteiger partial charge in [0.15, 0.2) is 5.05 Å². The molecule has 0 saturated heterocycles. The zero-order chi connectivity index (χ0) is 7.44. The van der Waals surface area contributed by atoms with Crippen molar-refractivity contribution < 1.29 is 4.74 Å². The minimum Gasteiger partial charge on any atom is -0.483 e. The van der Waals surface area contributed by atoms with Crippen molar-refractivity contribution in [1.82, 2.24) is 0 Å². The molecule has 0 amide bonds. The Morgan fingerprint density at radius 2 is 1.89 bits per heavy atom. The van der Waals surface area contributed by atoms with Gasteiger partial charge in [-0.15, -0.1) is 0 Å². The normalized spacial score (nSPS) is 13.4. The molecule has 0 rings (SSSR count). The maximum Gasteiger partial charge on any atom is 0.176 e. The maximum atomic E-state index is 5.42. The van der Waals surface area contributed by atoms with Crippen LogP contribution in [0.1, 0.15) is 20.8 Å². The van der Waals surface area contributed by atoms with Gasteiger partial charge in [-0.1, -0.05) is 0 Å². The van der Waals surface area contributed by atoms with Gasteiger partial charge in [0.05, 0.1) is 12.1 Å². The molecule has 0 heterocycles. The molecule has 1 unspecified atom stereocenters. The summed E-state index contributed by atoms with van der Waals surface area (Å²) in [5.41, 5.74) is 5.42. The van der Waals surface area contributed by atoms with Crippen molar-refractivity contribution in [3.8, 4) is 0 Å². The van der Waals surface area contributed by atoms with Crippen molar-refractivity contribution in [3.63, 3.8) is 0 Å². The Hall–Kier alpha value is -0.150. The van der Waals surface area contributed by atoms with Gasteiger partial charge >= 0.3 is 0 Å². The van der Waals surface area contributed by atoms with Crippen molar-refractivity contribution in [2.75, 3.05) is 0 Å². The van der Waals surface area contributed by atoms with Crippen molar-refractivity contribution >= 4 is 17.3 Å². The molecule has 0 aliphatic heterocycles. The molecule has 0 aliphatic rings. The van der Waals surface area contributed by atoms with E-state index in [1.165, 1.54) is 0 Å². The van der Waals surface area contributed by atoms with Crippen LogP contribution >= 0.6 is 12.2 Å². The molecule has 0 fully saturated rings. The fourth-order valence-electron chi connectivity index (χ4n) is 0.340. The minimum atomic E-state index is -0.137. The van der Waals surface area contributed by atoms with Gasteiger partial charge in [0.1, 0.15) is 0 Å². The van der Waals surface area contributed by atoms with Gasteiger partial charge in [-0.05, 0) is 33.0 Å². The summed E-state index contributed by atoms with van der Waals surface area (Å²) in [7, 11) is 0. The molecule has 2 nitrogen and oxygen atoms in total. The molecule has 1 atom stereocenters. The fraction of sp³-hybridized carbons (Fsp3) is 0.833. The lowest BCUT2D eigenvalue weighted by atomic mass is 10.4. The van der Waals surface area contributed by atoms with Gasteiger partial charge in [0, 0.05) is 0 Å².